The Kier molecular flexibility index (Phi) is 4.03. The Bertz CT molecular complexity index is 609. The van der Waals surface area contributed by atoms with Gasteiger partial charge in [-0.2, -0.15) is 10.2 Å². The van der Waals surface area contributed by atoms with Crippen LogP contribution in [-0.2, 0) is 11.3 Å². The van der Waals surface area contributed by atoms with Crippen LogP contribution in [0.5, 0.6) is 0 Å². The van der Waals surface area contributed by atoms with Crippen molar-refractivity contribution >= 4 is 11.7 Å². The molecule has 0 aliphatic heterocycles. The van der Waals surface area contributed by atoms with Crippen molar-refractivity contribution in [3.63, 3.8) is 0 Å². The van der Waals surface area contributed by atoms with Gasteiger partial charge in [0, 0.05) is 36.8 Å². The largest absolute Gasteiger partial charge is 0.309 e. The van der Waals surface area contributed by atoms with Crippen LogP contribution in [0.25, 0.3) is 0 Å². The van der Waals surface area contributed by atoms with E-state index in [-0.39, 0.29) is 5.91 Å². The molecule has 2 aromatic rings. The number of hydrogen-bond acceptors (Lipinski definition) is 3. The summed E-state index contributed by atoms with van der Waals surface area (Å²) in [4.78, 5) is 11.9. The van der Waals surface area contributed by atoms with Crippen molar-refractivity contribution < 1.29 is 4.79 Å². The quantitative estimate of drug-likeness (QED) is 0.887. The minimum absolute atomic E-state index is 0.0346. The molecule has 1 aliphatic carbocycles. The predicted octanol–water partition coefficient (Wildman–Crippen LogP) is 2.60. The fraction of sp³-hybridized carbons (Fsp3) is 0.533. The molecule has 6 heteroatoms. The Morgan fingerprint density at radius 1 is 1.48 bits per heavy atom. The number of H-pyrrole nitrogens is 1. The Morgan fingerprint density at radius 2 is 2.29 bits per heavy atom. The number of nitrogens with zero attached hydrogens (tertiary/aromatic N) is 3. The lowest BCUT2D eigenvalue weighted by atomic mass is 10.0. The number of hydrogen-bond donors (Lipinski definition) is 2. The van der Waals surface area contributed by atoms with Crippen LogP contribution in [0.2, 0.25) is 0 Å². The molecule has 1 fully saturated rings. The fourth-order valence-electron chi connectivity index (χ4n) is 2.86. The second-order valence-electron chi connectivity index (χ2n) is 5.77. The normalized spacial score (nSPS) is 15.5. The number of aryl methyl sites for hydroxylation is 2. The number of carbonyl (C=O) groups excluding carboxylic acids is 1. The highest BCUT2D eigenvalue weighted by molar-refractivity contribution is 5.89. The minimum Gasteiger partial charge on any atom is -0.309 e. The fourth-order valence-corrected chi connectivity index (χ4v) is 2.86. The Hall–Kier alpha value is -2.11. The van der Waals surface area contributed by atoms with E-state index in [1.54, 1.807) is 10.9 Å². The molecule has 1 amide bonds. The van der Waals surface area contributed by atoms with Crippen LogP contribution in [0.15, 0.2) is 18.5 Å². The van der Waals surface area contributed by atoms with Gasteiger partial charge in [0.2, 0.25) is 5.91 Å². The summed E-state index contributed by atoms with van der Waals surface area (Å²) in [7, 11) is 0. The summed E-state index contributed by atoms with van der Waals surface area (Å²) < 4.78 is 1.78. The molecule has 1 saturated carbocycles. The monoisotopic (exact) mass is 287 g/mol. The molecule has 2 aromatic heterocycles. The second-order valence-corrected chi connectivity index (χ2v) is 5.77. The molecule has 0 atom stereocenters. The molecule has 2 N–H and O–H groups in total. The van der Waals surface area contributed by atoms with E-state index < -0.39 is 0 Å². The van der Waals surface area contributed by atoms with Gasteiger partial charge in [-0.1, -0.05) is 12.8 Å². The summed E-state index contributed by atoms with van der Waals surface area (Å²) in [6, 6.07) is 1.96. The van der Waals surface area contributed by atoms with E-state index in [2.05, 4.69) is 20.6 Å². The Balaban J connectivity index is 1.50. The van der Waals surface area contributed by atoms with Gasteiger partial charge in [-0.05, 0) is 25.3 Å². The number of amides is 1. The lowest BCUT2D eigenvalue weighted by molar-refractivity contribution is -0.116. The van der Waals surface area contributed by atoms with Crippen LogP contribution in [-0.4, -0.2) is 25.9 Å². The van der Waals surface area contributed by atoms with Crippen molar-refractivity contribution in [2.45, 2.75) is 51.5 Å². The van der Waals surface area contributed by atoms with Gasteiger partial charge < -0.3 is 5.32 Å². The van der Waals surface area contributed by atoms with Crippen molar-refractivity contribution in [3.8, 4) is 0 Å². The molecule has 2 heterocycles. The van der Waals surface area contributed by atoms with E-state index in [0.717, 1.165) is 11.3 Å². The van der Waals surface area contributed by atoms with Crippen LogP contribution in [0.4, 0.5) is 5.82 Å². The SMILES string of the molecule is Cc1cnn(CCC(=O)Nc2cc(C3CCCC3)[nH]n2)c1. The molecule has 0 radical (unpaired) electrons. The Morgan fingerprint density at radius 3 is 3.00 bits per heavy atom. The third-order valence-corrected chi connectivity index (χ3v) is 3.99. The van der Waals surface area contributed by atoms with Gasteiger partial charge in [-0.25, -0.2) is 0 Å². The molecule has 3 rings (SSSR count). The molecule has 0 bridgehead atoms. The van der Waals surface area contributed by atoms with E-state index in [4.69, 9.17) is 0 Å². The first-order valence-electron chi connectivity index (χ1n) is 7.55. The van der Waals surface area contributed by atoms with Crippen molar-refractivity contribution in [2.24, 2.45) is 0 Å². The van der Waals surface area contributed by atoms with Crippen molar-refractivity contribution in [1.29, 1.82) is 0 Å². The van der Waals surface area contributed by atoms with E-state index in [1.807, 2.05) is 19.2 Å². The minimum atomic E-state index is -0.0346. The van der Waals surface area contributed by atoms with Crippen molar-refractivity contribution in [3.05, 3.63) is 29.7 Å². The first-order chi connectivity index (χ1) is 10.2. The zero-order chi connectivity index (χ0) is 14.7. The van der Waals surface area contributed by atoms with Gasteiger partial charge in [0.05, 0.1) is 6.20 Å². The van der Waals surface area contributed by atoms with Gasteiger partial charge in [-0.15, -0.1) is 0 Å². The van der Waals surface area contributed by atoms with Crippen LogP contribution in [0.1, 0.15) is 49.3 Å². The molecular formula is C15H21N5O. The molecule has 21 heavy (non-hydrogen) atoms. The van der Waals surface area contributed by atoms with Crippen LogP contribution in [0, 0.1) is 6.92 Å². The van der Waals surface area contributed by atoms with Crippen molar-refractivity contribution in [2.75, 3.05) is 5.32 Å². The Labute approximate surface area is 123 Å². The number of anilines is 1. The molecule has 112 valence electrons. The van der Waals surface area contributed by atoms with Gasteiger partial charge in [-0.3, -0.25) is 14.6 Å². The molecular weight excluding hydrogens is 266 g/mol. The zero-order valence-electron chi connectivity index (χ0n) is 12.3. The molecule has 6 nitrogen and oxygen atoms in total. The van der Waals surface area contributed by atoms with Crippen LogP contribution < -0.4 is 5.32 Å². The molecule has 0 unspecified atom stereocenters. The number of rotatable bonds is 5. The van der Waals surface area contributed by atoms with E-state index in [0.29, 0.717) is 24.7 Å². The second kappa shape index (κ2) is 6.11. The third-order valence-electron chi connectivity index (χ3n) is 3.99. The van der Waals surface area contributed by atoms with E-state index >= 15 is 0 Å². The lowest BCUT2D eigenvalue weighted by Gasteiger charge is -2.04. The molecule has 0 aromatic carbocycles. The maximum Gasteiger partial charge on any atom is 0.227 e. The highest BCUT2D eigenvalue weighted by Crippen LogP contribution is 2.33. The maximum absolute atomic E-state index is 11.9. The zero-order valence-corrected chi connectivity index (χ0v) is 12.3. The summed E-state index contributed by atoms with van der Waals surface area (Å²) in [6.45, 7) is 2.57. The lowest BCUT2D eigenvalue weighted by Crippen LogP contribution is -2.14. The predicted molar refractivity (Wildman–Crippen MR) is 80.0 cm³/mol. The average molecular weight is 287 g/mol. The van der Waals surface area contributed by atoms with Gasteiger partial charge in [0.15, 0.2) is 5.82 Å². The number of carbonyl (C=O) groups is 1. The summed E-state index contributed by atoms with van der Waals surface area (Å²) in [5.74, 6) is 1.17. The maximum atomic E-state index is 11.9. The topological polar surface area (TPSA) is 75.6 Å². The summed E-state index contributed by atoms with van der Waals surface area (Å²) in [6.07, 6.45) is 9.12. The van der Waals surface area contributed by atoms with Gasteiger partial charge >= 0.3 is 0 Å². The van der Waals surface area contributed by atoms with E-state index in [1.165, 1.54) is 25.7 Å². The van der Waals surface area contributed by atoms with Gasteiger partial charge in [0.1, 0.15) is 0 Å². The summed E-state index contributed by atoms with van der Waals surface area (Å²) in [5.41, 5.74) is 2.24. The van der Waals surface area contributed by atoms with Crippen LogP contribution in [0.3, 0.4) is 0 Å². The highest BCUT2D eigenvalue weighted by atomic mass is 16.1. The van der Waals surface area contributed by atoms with Crippen LogP contribution >= 0.6 is 0 Å². The standard InChI is InChI=1S/C15H21N5O/c1-11-9-16-20(10-11)7-6-15(21)17-14-8-13(18-19-14)12-4-2-3-5-12/h8-10,12H,2-7H2,1H3,(H2,17,18,19,21). The average Bonchev–Trinajstić information content (AvgIpc) is 3.16. The number of nitrogens with one attached hydrogen (secondary N) is 2. The first kappa shape index (κ1) is 13.9. The molecule has 0 saturated heterocycles. The smallest absolute Gasteiger partial charge is 0.227 e. The summed E-state index contributed by atoms with van der Waals surface area (Å²) in [5, 5.41) is 14.2. The first-order valence-corrected chi connectivity index (χ1v) is 7.55. The van der Waals surface area contributed by atoms with Gasteiger partial charge in [0.25, 0.3) is 0 Å². The van der Waals surface area contributed by atoms with E-state index in [9.17, 15) is 4.79 Å². The molecule has 0 spiro atoms. The number of aromatic nitrogens is 4. The molecule has 1 aliphatic rings. The van der Waals surface area contributed by atoms with Crippen molar-refractivity contribution in [1.82, 2.24) is 20.0 Å². The third kappa shape index (κ3) is 3.51. The highest BCUT2D eigenvalue weighted by Gasteiger charge is 2.19. The number of aromatic amines is 1. The summed E-state index contributed by atoms with van der Waals surface area (Å²) >= 11 is 0.